The van der Waals surface area contributed by atoms with Gasteiger partial charge in [-0.3, -0.25) is 14.8 Å². The molecule has 0 heterocycles. The Morgan fingerprint density at radius 1 is 1.23 bits per heavy atom. The predicted molar refractivity (Wildman–Crippen MR) is 82.7 cm³/mol. The minimum Gasteiger partial charge on any atom is -0.279 e. The van der Waals surface area contributed by atoms with Gasteiger partial charge in [0.05, 0.1) is 15.5 Å². The molecule has 22 heavy (non-hydrogen) atoms. The minimum absolute atomic E-state index is 0.000165. The Hall–Kier alpha value is -2.00. The lowest BCUT2D eigenvalue weighted by atomic mass is 10.2. The number of benzene rings is 2. The fraction of sp³-hybridized carbons (Fsp3) is 0.0769. The Labute approximate surface area is 134 Å². The van der Waals surface area contributed by atoms with Gasteiger partial charge in [0.2, 0.25) is 5.82 Å². The highest BCUT2D eigenvalue weighted by Gasteiger charge is 2.19. The number of rotatable bonds is 4. The van der Waals surface area contributed by atoms with Crippen LogP contribution in [0.3, 0.4) is 0 Å². The molecule has 0 saturated heterocycles. The molecule has 2 aromatic rings. The lowest BCUT2D eigenvalue weighted by Gasteiger charge is -2.09. The van der Waals surface area contributed by atoms with E-state index in [4.69, 9.17) is 0 Å². The number of nitrogens with one attached hydrogen (secondary N) is 1. The van der Waals surface area contributed by atoms with Crippen LogP contribution in [0.25, 0.3) is 0 Å². The maximum absolute atomic E-state index is 13.2. The van der Waals surface area contributed by atoms with Crippen molar-refractivity contribution in [3.05, 3.63) is 62.4 Å². The molecule has 9 heteroatoms. The van der Waals surface area contributed by atoms with Gasteiger partial charge in [-0.1, -0.05) is 15.9 Å². The Balaban J connectivity index is 2.38. The zero-order chi connectivity index (χ0) is 16.5. The molecule has 0 atom stereocenters. The van der Waals surface area contributed by atoms with Gasteiger partial charge in [-0.05, 0) is 42.8 Å². The van der Waals surface area contributed by atoms with E-state index >= 15 is 0 Å². The third-order valence-electron chi connectivity index (χ3n) is 2.83. The zero-order valence-corrected chi connectivity index (χ0v) is 13.6. The second kappa shape index (κ2) is 6.01. The third-order valence-corrected chi connectivity index (χ3v) is 5.10. The molecule has 0 saturated carbocycles. The molecule has 0 unspecified atom stereocenters. The first kappa shape index (κ1) is 16.4. The van der Waals surface area contributed by atoms with Gasteiger partial charge >= 0.3 is 5.69 Å². The number of nitrogens with zero attached hydrogens (tertiary/aromatic N) is 1. The van der Waals surface area contributed by atoms with E-state index in [0.717, 1.165) is 22.7 Å². The predicted octanol–water partition coefficient (Wildman–Crippen LogP) is 3.61. The molecular formula is C13H10BrFN2O4S. The summed E-state index contributed by atoms with van der Waals surface area (Å²) in [5, 5.41) is 10.7. The van der Waals surface area contributed by atoms with E-state index in [1.54, 1.807) is 13.0 Å². The molecule has 1 N–H and O–H groups in total. The number of nitro groups is 1. The molecule has 0 aliphatic rings. The standard InChI is InChI=1S/C13H10BrFN2O4S/c1-8-6-10(3-4-11(8)14)22(20,21)16-9-2-5-12(15)13(7-9)17(18)19/h2-7,16H,1H3. The molecule has 0 spiro atoms. The number of hydrogen-bond acceptors (Lipinski definition) is 4. The smallest absolute Gasteiger partial charge is 0.279 e. The molecule has 116 valence electrons. The van der Waals surface area contributed by atoms with Crippen LogP contribution < -0.4 is 4.72 Å². The van der Waals surface area contributed by atoms with Crippen LogP contribution in [0, 0.1) is 22.9 Å². The molecule has 2 aromatic carbocycles. The lowest BCUT2D eigenvalue weighted by Crippen LogP contribution is -2.13. The summed E-state index contributed by atoms with van der Waals surface area (Å²) in [6.07, 6.45) is 0. The SMILES string of the molecule is Cc1cc(S(=O)(=O)Nc2ccc(F)c([N+](=O)[O-])c2)ccc1Br. The van der Waals surface area contributed by atoms with E-state index in [1.165, 1.54) is 12.1 Å². The zero-order valence-electron chi connectivity index (χ0n) is 11.2. The third kappa shape index (κ3) is 3.42. The Morgan fingerprint density at radius 3 is 2.50 bits per heavy atom. The topological polar surface area (TPSA) is 89.3 Å². The van der Waals surface area contributed by atoms with Crippen molar-refractivity contribution in [1.82, 2.24) is 0 Å². The number of sulfonamides is 1. The van der Waals surface area contributed by atoms with Crippen LogP contribution >= 0.6 is 15.9 Å². The molecule has 0 aliphatic carbocycles. The molecular weight excluding hydrogens is 379 g/mol. The Bertz CT molecular complexity index is 855. The molecule has 0 aliphatic heterocycles. The summed E-state index contributed by atoms with van der Waals surface area (Å²) in [5.41, 5.74) is -0.172. The normalized spacial score (nSPS) is 11.2. The van der Waals surface area contributed by atoms with Crippen molar-refractivity contribution >= 4 is 37.3 Å². The summed E-state index contributed by atoms with van der Waals surface area (Å²) in [4.78, 5) is 9.76. The van der Waals surface area contributed by atoms with Crippen molar-refractivity contribution in [2.75, 3.05) is 4.72 Å². The van der Waals surface area contributed by atoms with Crippen molar-refractivity contribution in [3.8, 4) is 0 Å². The van der Waals surface area contributed by atoms with Gasteiger partial charge < -0.3 is 0 Å². The highest BCUT2D eigenvalue weighted by atomic mass is 79.9. The van der Waals surface area contributed by atoms with E-state index in [0.29, 0.717) is 5.56 Å². The van der Waals surface area contributed by atoms with E-state index in [-0.39, 0.29) is 10.6 Å². The number of halogens is 2. The van der Waals surface area contributed by atoms with Gasteiger partial charge in [0.25, 0.3) is 10.0 Å². The van der Waals surface area contributed by atoms with Gasteiger partial charge in [0.1, 0.15) is 0 Å². The molecule has 2 rings (SSSR count). The Morgan fingerprint density at radius 2 is 1.91 bits per heavy atom. The number of anilines is 1. The fourth-order valence-electron chi connectivity index (χ4n) is 1.71. The van der Waals surface area contributed by atoms with Crippen molar-refractivity contribution in [2.45, 2.75) is 11.8 Å². The van der Waals surface area contributed by atoms with Gasteiger partial charge in [-0.2, -0.15) is 4.39 Å². The molecule has 0 amide bonds. The van der Waals surface area contributed by atoms with Crippen LogP contribution in [0.1, 0.15) is 5.56 Å². The number of hydrogen-bond donors (Lipinski definition) is 1. The highest BCUT2D eigenvalue weighted by Crippen LogP contribution is 2.25. The summed E-state index contributed by atoms with van der Waals surface area (Å²) in [6.45, 7) is 1.73. The monoisotopic (exact) mass is 388 g/mol. The van der Waals surface area contributed by atoms with Crippen LogP contribution in [0.4, 0.5) is 15.8 Å². The summed E-state index contributed by atoms with van der Waals surface area (Å²) in [6, 6.07) is 7.20. The quantitative estimate of drug-likeness (QED) is 0.639. The van der Waals surface area contributed by atoms with Crippen LogP contribution in [0.5, 0.6) is 0 Å². The van der Waals surface area contributed by atoms with Crippen LogP contribution in [0.15, 0.2) is 45.8 Å². The second-order valence-corrected chi connectivity index (χ2v) is 6.98. The maximum Gasteiger partial charge on any atom is 0.306 e. The maximum atomic E-state index is 13.2. The van der Waals surface area contributed by atoms with Crippen LogP contribution in [-0.4, -0.2) is 13.3 Å². The first-order valence-corrected chi connectivity index (χ1v) is 8.21. The average molecular weight is 389 g/mol. The van der Waals surface area contributed by atoms with Crippen molar-refractivity contribution in [2.24, 2.45) is 0 Å². The van der Waals surface area contributed by atoms with Gasteiger partial charge in [0.15, 0.2) is 0 Å². The van der Waals surface area contributed by atoms with Crippen LogP contribution in [0.2, 0.25) is 0 Å². The van der Waals surface area contributed by atoms with Crippen molar-refractivity contribution in [3.63, 3.8) is 0 Å². The van der Waals surface area contributed by atoms with Gasteiger partial charge in [-0.25, -0.2) is 8.42 Å². The van der Waals surface area contributed by atoms with Crippen molar-refractivity contribution < 1.29 is 17.7 Å². The highest BCUT2D eigenvalue weighted by molar-refractivity contribution is 9.10. The van der Waals surface area contributed by atoms with Crippen molar-refractivity contribution in [1.29, 1.82) is 0 Å². The van der Waals surface area contributed by atoms with Crippen LogP contribution in [-0.2, 0) is 10.0 Å². The van der Waals surface area contributed by atoms with Gasteiger partial charge in [0, 0.05) is 10.5 Å². The minimum atomic E-state index is -3.92. The fourth-order valence-corrected chi connectivity index (χ4v) is 3.10. The molecule has 0 fully saturated rings. The van der Waals surface area contributed by atoms with E-state index in [2.05, 4.69) is 20.7 Å². The summed E-state index contributed by atoms with van der Waals surface area (Å²) < 4.78 is 40.7. The number of nitro benzene ring substituents is 1. The largest absolute Gasteiger partial charge is 0.306 e. The summed E-state index contributed by atoms with van der Waals surface area (Å²) in [7, 11) is -3.92. The van der Waals surface area contributed by atoms with E-state index in [1.807, 2.05) is 0 Å². The second-order valence-electron chi connectivity index (χ2n) is 4.44. The molecule has 0 aromatic heterocycles. The molecule has 6 nitrogen and oxygen atoms in total. The Kier molecular flexibility index (Phi) is 4.47. The number of aryl methyl sites for hydroxylation is 1. The van der Waals surface area contributed by atoms with Gasteiger partial charge in [-0.15, -0.1) is 0 Å². The van der Waals surface area contributed by atoms with E-state index < -0.39 is 26.5 Å². The first-order chi connectivity index (χ1) is 10.2. The first-order valence-electron chi connectivity index (χ1n) is 5.93. The lowest BCUT2D eigenvalue weighted by molar-refractivity contribution is -0.387. The molecule has 0 radical (unpaired) electrons. The summed E-state index contributed by atoms with van der Waals surface area (Å²) in [5.74, 6) is -1.03. The summed E-state index contributed by atoms with van der Waals surface area (Å²) >= 11 is 3.26. The van der Waals surface area contributed by atoms with E-state index in [9.17, 15) is 22.9 Å². The average Bonchev–Trinajstić information content (AvgIpc) is 2.43. The molecule has 0 bridgehead atoms.